The molecule has 1 heterocycles. The second-order valence-corrected chi connectivity index (χ2v) is 8.68. The number of H-pyrrole nitrogens is 1. The van der Waals surface area contributed by atoms with Crippen LogP contribution in [0.5, 0.6) is 0 Å². The van der Waals surface area contributed by atoms with Gasteiger partial charge in [0, 0.05) is 24.7 Å². The van der Waals surface area contributed by atoms with Gasteiger partial charge in [-0.1, -0.05) is 27.7 Å². The lowest BCUT2D eigenvalue weighted by molar-refractivity contribution is -0.143. The molecule has 4 unspecified atom stereocenters. The number of amides is 3. The topological polar surface area (TPSA) is 217 Å². The van der Waals surface area contributed by atoms with Crippen LogP contribution in [0, 0.1) is 11.8 Å². The summed E-state index contributed by atoms with van der Waals surface area (Å²) in [7, 11) is 0. The van der Waals surface area contributed by atoms with Crippen molar-refractivity contribution in [2.45, 2.75) is 71.1 Å². The molecule has 0 spiro atoms. The van der Waals surface area contributed by atoms with Crippen LogP contribution >= 0.6 is 0 Å². The van der Waals surface area contributed by atoms with Gasteiger partial charge in [0.2, 0.25) is 17.7 Å². The molecule has 13 nitrogen and oxygen atoms in total. The molecule has 34 heavy (non-hydrogen) atoms. The lowest BCUT2D eigenvalue weighted by Gasteiger charge is -2.27. The number of carbonyl (C=O) groups is 5. The van der Waals surface area contributed by atoms with Crippen LogP contribution in [-0.2, 0) is 30.4 Å². The van der Waals surface area contributed by atoms with E-state index < -0.39 is 65.7 Å². The quantitative estimate of drug-likeness (QED) is 0.173. The van der Waals surface area contributed by atoms with Crippen LogP contribution in [0.1, 0.15) is 46.2 Å². The minimum absolute atomic E-state index is 0.00110. The van der Waals surface area contributed by atoms with E-state index in [1.54, 1.807) is 27.7 Å². The fourth-order valence-corrected chi connectivity index (χ4v) is 3.06. The average molecular weight is 483 g/mol. The molecule has 3 amide bonds. The Balaban J connectivity index is 3.00. The molecule has 0 aromatic carbocycles. The molecule has 0 saturated heterocycles. The van der Waals surface area contributed by atoms with Gasteiger partial charge in [-0.2, -0.15) is 0 Å². The second-order valence-electron chi connectivity index (χ2n) is 8.68. The zero-order valence-corrected chi connectivity index (χ0v) is 19.7. The van der Waals surface area contributed by atoms with E-state index in [-0.39, 0.29) is 19.3 Å². The van der Waals surface area contributed by atoms with Crippen molar-refractivity contribution in [3.8, 4) is 0 Å². The Morgan fingerprint density at radius 1 is 0.941 bits per heavy atom. The van der Waals surface area contributed by atoms with E-state index >= 15 is 0 Å². The minimum atomic E-state index is -1.21. The van der Waals surface area contributed by atoms with Gasteiger partial charge in [0.15, 0.2) is 0 Å². The van der Waals surface area contributed by atoms with Crippen molar-refractivity contribution in [2.24, 2.45) is 17.6 Å². The number of aliphatic carboxylic acids is 2. The van der Waals surface area contributed by atoms with Gasteiger partial charge in [0.1, 0.15) is 18.1 Å². The molecule has 0 aliphatic carbocycles. The van der Waals surface area contributed by atoms with E-state index in [4.69, 9.17) is 10.8 Å². The van der Waals surface area contributed by atoms with Gasteiger partial charge in [-0.05, 0) is 18.3 Å². The first-order chi connectivity index (χ1) is 15.8. The number of imidazole rings is 1. The number of aromatic amines is 1. The fourth-order valence-electron chi connectivity index (χ4n) is 3.06. The number of nitrogens with two attached hydrogens (primary N) is 1. The molecule has 0 aliphatic rings. The number of hydrogen-bond donors (Lipinski definition) is 7. The third-order valence-electron chi connectivity index (χ3n) is 5.10. The van der Waals surface area contributed by atoms with Gasteiger partial charge in [-0.25, -0.2) is 9.78 Å². The third kappa shape index (κ3) is 9.17. The molecule has 0 saturated carbocycles. The highest BCUT2D eigenvalue weighted by Crippen LogP contribution is 2.08. The van der Waals surface area contributed by atoms with Gasteiger partial charge in [-0.15, -0.1) is 0 Å². The van der Waals surface area contributed by atoms with Crippen molar-refractivity contribution >= 4 is 29.7 Å². The van der Waals surface area contributed by atoms with Crippen LogP contribution in [-0.4, -0.2) is 74.0 Å². The highest BCUT2D eigenvalue weighted by atomic mass is 16.4. The lowest BCUT2D eigenvalue weighted by atomic mass is 10.0. The number of hydrogen-bond acceptors (Lipinski definition) is 7. The third-order valence-corrected chi connectivity index (χ3v) is 5.10. The van der Waals surface area contributed by atoms with Gasteiger partial charge >= 0.3 is 11.9 Å². The Kier molecular flexibility index (Phi) is 11.2. The van der Waals surface area contributed by atoms with Crippen LogP contribution in [0.15, 0.2) is 12.5 Å². The Hall–Kier alpha value is -3.48. The van der Waals surface area contributed by atoms with E-state index in [0.717, 1.165) is 0 Å². The summed E-state index contributed by atoms with van der Waals surface area (Å²) in [5, 5.41) is 25.7. The number of nitrogens with zero attached hydrogens (tertiary/aromatic N) is 1. The Morgan fingerprint density at radius 3 is 2.00 bits per heavy atom. The zero-order valence-electron chi connectivity index (χ0n) is 19.7. The molecule has 4 atom stereocenters. The maximum Gasteiger partial charge on any atom is 0.326 e. The Morgan fingerprint density at radius 2 is 1.53 bits per heavy atom. The van der Waals surface area contributed by atoms with Crippen molar-refractivity contribution in [3.05, 3.63) is 18.2 Å². The monoisotopic (exact) mass is 482 g/mol. The first-order valence-corrected chi connectivity index (χ1v) is 10.9. The number of nitrogens with one attached hydrogen (secondary N) is 4. The number of carbonyl (C=O) groups excluding carboxylic acids is 3. The van der Waals surface area contributed by atoms with Crippen molar-refractivity contribution < 1.29 is 34.2 Å². The molecule has 8 N–H and O–H groups in total. The Bertz CT molecular complexity index is 856. The smallest absolute Gasteiger partial charge is 0.326 e. The SMILES string of the molecule is CC(C)C(NC(=O)C(Cc1cnc[nH]1)NC(=O)C(NC(=O)C(N)CCC(=O)O)C(C)C)C(=O)O. The highest BCUT2D eigenvalue weighted by molar-refractivity contribution is 5.94. The minimum Gasteiger partial charge on any atom is -0.481 e. The Labute approximate surface area is 197 Å². The van der Waals surface area contributed by atoms with Crippen LogP contribution < -0.4 is 21.7 Å². The lowest BCUT2D eigenvalue weighted by Crippen LogP contribution is -2.59. The standard InChI is InChI=1S/C21H34N6O7/c1-10(2)16(26-18(30)13(22)5-6-15(28)29)20(32)25-14(7-12-8-23-9-24-12)19(31)27-17(11(3)4)21(33)34/h8-11,13-14,16-17H,5-7,22H2,1-4H3,(H,23,24)(H,25,32)(H,26,30)(H,27,31)(H,28,29)(H,33,34). The van der Waals surface area contributed by atoms with Crippen LogP contribution in [0.25, 0.3) is 0 Å². The maximum absolute atomic E-state index is 13.0. The average Bonchev–Trinajstić information content (AvgIpc) is 3.25. The molecular weight excluding hydrogens is 448 g/mol. The van der Waals surface area contributed by atoms with Gasteiger partial charge in [0.05, 0.1) is 12.4 Å². The first kappa shape index (κ1) is 28.6. The van der Waals surface area contributed by atoms with E-state index in [2.05, 4.69) is 25.9 Å². The van der Waals surface area contributed by atoms with Crippen molar-refractivity contribution in [1.82, 2.24) is 25.9 Å². The predicted octanol–water partition coefficient (Wildman–Crippen LogP) is -1.00. The van der Waals surface area contributed by atoms with Gasteiger partial charge in [-0.3, -0.25) is 19.2 Å². The van der Waals surface area contributed by atoms with Crippen molar-refractivity contribution in [2.75, 3.05) is 0 Å². The molecule has 0 bridgehead atoms. The van der Waals surface area contributed by atoms with Gasteiger partial charge in [0.25, 0.3) is 0 Å². The van der Waals surface area contributed by atoms with E-state index in [9.17, 15) is 29.1 Å². The highest BCUT2D eigenvalue weighted by Gasteiger charge is 2.32. The van der Waals surface area contributed by atoms with Crippen LogP contribution in [0.3, 0.4) is 0 Å². The molecule has 1 aromatic heterocycles. The molecule has 0 radical (unpaired) electrons. The fraction of sp³-hybridized carbons (Fsp3) is 0.619. The molecule has 190 valence electrons. The normalized spacial score (nSPS) is 14.7. The summed E-state index contributed by atoms with van der Waals surface area (Å²) in [5.41, 5.74) is 6.25. The van der Waals surface area contributed by atoms with Gasteiger partial charge < -0.3 is 36.9 Å². The van der Waals surface area contributed by atoms with E-state index in [0.29, 0.717) is 5.69 Å². The van der Waals surface area contributed by atoms with Crippen LogP contribution in [0.4, 0.5) is 0 Å². The second kappa shape index (κ2) is 13.3. The summed E-state index contributed by atoms with van der Waals surface area (Å²) in [6.45, 7) is 6.63. The van der Waals surface area contributed by atoms with Crippen molar-refractivity contribution in [3.63, 3.8) is 0 Å². The summed E-state index contributed by atoms with van der Waals surface area (Å²) >= 11 is 0. The number of aromatic nitrogens is 2. The summed E-state index contributed by atoms with van der Waals surface area (Å²) in [6, 6.07) is -4.52. The number of carboxylic acids is 2. The first-order valence-electron chi connectivity index (χ1n) is 10.9. The molecule has 0 aliphatic heterocycles. The summed E-state index contributed by atoms with van der Waals surface area (Å²) in [5.74, 6) is -5.20. The zero-order chi connectivity index (χ0) is 26.0. The molecule has 13 heteroatoms. The van der Waals surface area contributed by atoms with Crippen molar-refractivity contribution in [1.29, 1.82) is 0 Å². The molecule has 0 fully saturated rings. The molecule has 1 aromatic rings. The summed E-state index contributed by atoms with van der Waals surface area (Å²) < 4.78 is 0. The largest absolute Gasteiger partial charge is 0.481 e. The predicted molar refractivity (Wildman–Crippen MR) is 120 cm³/mol. The number of rotatable bonds is 14. The van der Waals surface area contributed by atoms with Crippen LogP contribution in [0.2, 0.25) is 0 Å². The number of carboxylic acid groups (broad SMARTS) is 2. The molecule has 1 rings (SSSR count). The van der Waals surface area contributed by atoms with E-state index in [1.165, 1.54) is 12.5 Å². The van der Waals surface area contributed by atoms with E-state index in [1.807, 2.05) is 0 Å². The molecular formula is C21H34N6O7. The maximum atomic E-state index is 13.0. The summed E-state index contributed by atoms with van der Waals surface area (Å²) in [6.07, 6.45) is 2.45. The summed E-state index contributed by atoms with van der Waals surface area (Å²) in [4.78, 5) is 67.2.